The smallest absolute Gasteiger partial charge is 0.164 e. The molecule has 9 aromatic carbocycles. The molecule has 0 N–H and O–H groups in total. The van der Waals surface area contributed by atoms with Crippen molar-refractivity contribution in [3.63, 3.8) is 0 Å². The van der Waals surface area contributed by atoms with Gasteiger partial charge in [0.1, 0.15) is 11.2 Å². The van der Waals surface area contributed by atoms with E-state index < -0.39 is 0 Å². The summed E-state index contributed by atoms with van der Waals surface area (Å²) < 4.78 is 8.62. The first-order valence-corrected chi connectivity index (χ1v) is 24.5. The Kier molecular flexibility index (Phi) is 10.3. The van der Waals surface area contributed by atoms with Gasteiger partial charge in [-0.05, 0) is 83.4 Å². The minimum absolute atomic E-state index is 0.548. The Bertz CT molecular complexity index is 4310. The van der Waals surface area contributed by atoms with E-state index in [1.165, 1.54) is 0 Å². The highest BCUT2D eigenvalue weighted by atomic mass is 16.3. The molecule has 74 heavy (non-hydrogen) atoms. The summed E-state index contributed by atoms with van der Waals surface area (Å²) in [4.78, 5) is 35.5. The van der Waals surface area contributed by atoms with Crippen LogP contribution in [0, 0.1) is 0 Å². The predicted octanol–water partition coefficient (Wildman–Crippen LogP) is 15.8. The molecule has 0 amide bonds. The standard InChI is InChI=1S/C65H40N8O/c1-5-17-41(18-6-1)60-67-61(42-19-7-2-8-20-42)70-64(69-60)46-29-33-57-53(38-46)49-25-13-15-27-56(49)73(57)47-31-32-51(65-71-62(43-21-9-3-10-22-43)68-63(72-65)44-23-11-4-12-24-44)52(39-47)48-35-36-66-40-55(48)45-30-34-59-54(37-45)50-26-14-16-28-58(50)74-59/h1-40H. The third kappa shape index (κ3) is 7.55. The monoisotopic (exact) mass is 948 g/mol. The molecular formula is C65H40N8O. The van der Waals surface area contributed by atoms with E-state index in [1.54, 1.807) is 0 Å². The van der Waals surface area contributed by atoms with Crippen molar-refractivity contribution in [3.05, 3.63) is 243 Å². The summed E-state index contributed by atoms with van der Waals surface area (Å²) >= 11 is 0. The summed E-state index contributed by atoms with van der Waals surface area (Å²) in [5, 5.41) is 4.25. The van der Waals surface area contributed by atoms with Crippen molar-refractivity contribution >= 4 is 43.7 Å². The number of benzene rings is 9. The molecule has 0 unspecified atom stereocenters. The summed E-state index contributed by atoms with van der Waals surface area (Å²) in [6, 6.07) is 78.6. The van der Waals surface area contributed by atoms with Gasteiger partial charge in [-0.1, -0.05) is 164 Å². The second-order valence-corrected chi connectivity index (χ2v) is 18.1. The van der Waals surface area contributed by atoms with Gasteiger partial charge in [0.05, 0.1) is 11.0 Å². The lowest BCUT2D eigenvalue weighted by Crippen LogP contribution is -2.02. The molecule has 0 spiro atoms. The Hall–Kier alpha value is -10.3. The molecule has 0 saturated heterocycles. The quantitative estimate of drug-likeness (QED) is 0.141. The fourth-order valence-corrected chi connectivity index (χ4v) is 10.1. The lowest BCUT2D eigenvalue weighted by atomic mass is 9.92. The predicted molar refractivity (Wildman–Crippen MR) is 296 cm³/mol. The van der Waals surface area contributed by atoms with Gasteiger partial charge < -0.3 is 8.98 Å². The Morgan fingerprint density at radius 3 is 1.39 bits per heavy atom. The van der Waals surface area contributed by atoms with E-state index in [2.05, 4.69) is 95.6 Å². The molecular weight excluding hydrogens is 909 g/mol. The number of pyridine rings is 1. The molecule has 0 radical (unpaired) electrons. The van der Waals surface area contributed by atoms with Crippen molar-refractivity contribution in [2.24, 2.45) is 0 Å². The second kappa shape index (κ2) is 17.9. The molecule has 0 saturated carbocycles. The van der Waals surface area contributed by atoms with E-state index in [0.717, 1.165) is 105 Å². The lowest BCUT2D eigenvalue weighted by Gasteiger charge is -2.17. The van der Waals surface area contributed by atoms with Gasteiger partial charge >= 0.3 is 0 Å². The fourth-order valence-electron chi connectivity index (χ4n) is 10.1. The van der Waals surface area contributed by atoms with Crippen LogP contribution in [0.4, 0.5) is 0 Å². The van der Waals surface area contributed by atoms with Crippen molar-refractivity contribution in [1.29, 1.82) is 0 Å². The largest absolute Gasteiger partial charge is 0.456 e. The molecule has 346 valence electrons. The van der Waals surface area contributed by atoms with Crippen LogP contribution in [0.3, 0.4) is 0 Å². The van der Waals surface area contributed by atoms with Crippen LogP contribution in [0.5, 0.6) is 0 Å². The summed E-state index contributed by atoms with van der Waals surface area (Å²) in [6.07, 6.45) is 3.80. The zero-order valence-electron chi connectivity index (χ0n) is 39.6. The van der Waals surface area contributed by atoms with Gasteiger partial charge in [0, 0.05) is 78.6 Å². The van der Waals surface area contributed by atoms with Crippen LogP contribution in [-0.4, -0.2) is 39.5 Å². The highest BCUT2D eigenvalue weighted by Crippen LogP contribution is 2.43. The fraction of sp³-hybridized carbons (Fsp3) is 0. The zero-order valence-corrected chi connectivity index (χ0v) is 39.6. The second-order valence-electron chi connectivity index (χ2n) is 18.1. The normalized spacial score (nSPS) is 11.5. The van der Waals surface area contributed by atoms with Gasteiger partial charge in [-0.3, -0.25) is 4.98 Å². The average molecular weight is 949 g/mol. The first-order chi connectivity index (χ1) is 36.7. The number of fused-ring (bicyclic) bond motifs is 6. The first-order valence-electron chi connectivity index (χ1n) is 24.5. The summed E-state index contributed by atoms with van der Waals surface area (Å²) in [7, 11) is 0. The SMILES string of the molecule is c1ccc(-c2nc(-c3ccccc3)nc(-c3ccc4c(c3)c3ccccc3n4-c3ccc(-c4nc(-c5ccccc5)nc(-c5ccccc5)n4)c(-c4ccncc4-c4ccc5oc6ccccc6c5c4)c3)n2)cc1. The molecule has 14 aromatic rings. The van der Waals surface area contributed by atoms with Gasteiger partial charge in [-0.15, -0.1) is 0 Å². The minimum atomic E-state index is 0.548. The molecule has 14 rings (SSSR count). The molecule has 0 aliphatic rings. The number of aromatic nitrogens is 8. The Morgan fingerprint density at radius 1 is 0.284 bits per heavy atom. The number of nitrogens with zero attached hydrogens (tertiary/aromatic N) is 8. The van der Waals surface area contributed by atoms with E-state index in [1.807, 2.05) is 152 Å². The Morgan fingerprint density at radius 2 is 0.770 bits per heavy atom. The molecule has 0 bridgehead atoms. The van der Waals surface area contributed by atoms with Crippen molar-refractivity contribution in [1.82, 2.24) is 39.5 Å². The van der Waals surface area contributed by atoms with Gasteiger partial charge in [0.25, 0.3) is 0 Å². The highest BCUT2D eigenvalue weighted by Gasteiger charge is 2.22. The van der Waals surface area contributed by atoms with E-state index in [-0.39, 0.29) is 0 Å². The molecule has 0 aliphatic heterocycles. The summed E-state index contributed by atoms with van der Waals surface area (Å²) in [6.45, 7) is 0. The van der Waals surface area contributed by atoms with Crippen LogP contribution >= 0.6 is 0 Å². The number of hydrogen-bond donors (Lipinski definition) is 0. The van der Waals surface area contributed by atoms with Crippen LogP contribution in [0.25, 0.3) is 140 Å². The van der Waals surface area contributed by atoms with Crippen LogP contribution in [0.1, 0.15) is 0 Å². The van der Waals surface area contributed by atoms with Crippen molar-refractivity contribution in [2.45, 2.75) is 0 Å². The maximum atomic E-state index is 6.29. The number of rotatable bonds is 9. The summed E-state index contributed by atoms with van der Waals surface area (Å²) in [5.41, 5.74) is 13.9. The maximum absolute atomic E-state index is 6.29. The van der Waals surface area contributed by atoms with E-state index in [0.29, 0.717) is 34.9 Å². The maximum Gasteiger partial charge on any atom is 0.164 e. The van der Waals surface area contributed by atoms with Crippen LogP contribution in [0.2, 0.25) is 0 Å². The molecule has 0 aliphatic carbocycles. The topological polar surface area (TPSA) is 108 Å². The zero-order chi connectivity index (χ0) is 49.0. The van der Waals surface area contributed by atoms with Crippen molar-refractivity contribution in [2.75, 3.05) is 0 Å². The number of furan rings is 1. The molecule has 5 heterocycles. The highest BCUT2D eigenvalue weighted by molar-refractivity contribution is 6.11. The van der Waals surface area contributed by atoms with E-state index in [9.17, 15) is 0 Å². The van der Waals surface area contributed by atoms with Crippen LogP contribution in [0.15, 0.2) is 247 Å². The summed E-state index contributed by atoms with van der Waals surface area (Å²) in [5.74, 6) is 3.54. The first kappa shape index (κ1) is 42.6. The molecule has 0 atom stereocenters. The van der Waals surface area contributed by atoms with Gasteiger partial charge in [-0.25, -0.2) is 29.9 Å². The van der Waals surface area contributed by atoms with Gasteiger partial charge in [-0.2, -0.15) is 0 Å². The average Bonchev–Trinajstić information content (AvgIpc) is 4.03. The van der Waals surface area contributed by atoms with Gasteiger partial charge in [0.15, 0.2) is 34.9 Å². The third-order valence-electron chi connectivity index (χ3n) is 13.6. The van der Waals surface area contributed by atoms with E-state index in [4.69, 9.17) is 39.3 Å². The molecule has 9 heteroatoms. The molecule has 0 fully saturated rings. The molecule has 5 aromatic heterocycles. The van der Waals surface area contributed by atoms with E-state index >= 15 is 0 Å². The minimum Gasteiger partial charge on any atom is -0.456 e. The third-order valence-corrected chi connectivity index (χ3v) is 13.6. The number of para-hydroxylation sites is 2. The van der Waals surface area contributed by atoms with Crippen LogP contribution < -0.4 is 0 Å². The number of hydrogen-bond acceptors (Lipinski definition) is 8. The van der Waals surface area contributed by atoms with Gasteiger partial charge in [0.2, 0.25) is 0 Å². The van der Waals surface area contributed by atoms with Crippen molar-refractivity contribution < 1.29 is 4.42 Å². The Labute approximate surface area is 424 Å². The van der Waals surface area contributed by atoms with Crippen molar-refractivity contribution in [3.8, 4) is 96.3 Å². The molecule has 9 nitrogen and oxygen atoms in total. The lowest BCUT2D eigenvalue weighted by molar-refractivity contribution is 0.669. The van der Waals surface area contributed by atoms with Crippen LogP contribution in [-0.2, 0) is 0 Å². The Balaban J connectivity index is 0.987.